The van der Waals surface area contributed by atoms with Crippen molar-refractivity contribution >= 4 is 23.1 Å². The maximum Gasteiger partial charge on any atom is 2.00 e. The standard InChI is InChI=1S/C9H18N.C4H8O.2ClH.Li.Mg/c1-8(2)6-5-7-9(3,4)10-8;1-2-4-5-3-1;;;;/h5-7H2,1-4H3;1-4H2;2*1H;;/q-1;;;;+1;+2/p-2. The van der Waals surface area contributed by atoms with Crippen molar-refractivity contribution < 1.29 is 48.4 Å². The summed E-state index contributed by atoms with van der Waals surface area (Å²) in [6.07, 6.45) is 6.41. The Morgan fingerprint density at radius 2 is 1.16 bits per heavy atom. The predicted molar refractivity (Wildman–Crippen MR) is 71.2 cm³/mol. The summed E-state index contributed by atoms with van der Waals surface area (Å²) < 4.78 is 4.94. The smallest absolute Gasteiger partial charge is 1.00 e. The van der Waals surface area contributed by atoms with Crippen molar-refractivity contribution in [1.82, 2.24) is 0 Å². The molecule has 2 saturated heterocycles. The first kappa shape index (κ1) is 28.9. The molecule has 0 aliphatic carbocycles. The van der Waals surface area contributed by atoms with Crippen LogP contribution in [0.25, 0.3) is 5.32 Å². The van der Waals surface area contributed by atoms with Gasteiger partial charge in [-0.15, -0.1) is 11.1 Å². The van der Waals surface area contributed by atoms with Crippen LogP contribution in [0.3, 0.4) is 0 Å². The Bertz CT molecular complexity index is 181. The molecule has 2 aliphatic rings. The Hall–Kier alpha value is 1.86. The quantitative estimate of drug-likeness (QED) is 0.409. The van der Waals surface area contributed by atoms with E-state index in [1.807, 2.05) is 0 Å². The number of hydrogen-bond donors (Lipinski definition) is 0. The van der Waals surface area contributed by atoms with Gasteiger partial charge in [0.05, 0.1) is 0 Å². The van der Waals surface area contributed by atoms with Crippen LogP contribution in [0.5, 0.6) is 0 Å². The van der Waals surface area contributed by atoms with Crippen LogP contribution >= 0.6 is 0 Å². The van der Waals surface area contributed by atoms with E-state index in [4.69, 9.17) is 10.1 Å². The average molecular weight is 315 g/mol. The number of halogens is 2. The van der Waals surface area contributed by atoms with E-state index in [0.29, 0.717) is 0 Å². The molecule has 0 aromatic rings. The van der Waals surface area contributed by atoms with Gasteiger partial charge in [-0.2, -0.15) is 0 Å². The maximum atomic E-state index is 4.94. The molecule has 0 aromatic carbocycles. The molecule has 0 atom stereocenters. The summed E-state index contributed by atoms with van der Waals surface area (Å²) >= 11 is 0. The Labute approximate surface area is 160 Å². The Balaban J connectivity index is -0.000000110. The average Bonchev–Trinajstić information content (AvgIpc) is 2.54. The van der Waals surface area contributed by atoms with Crippen molar-refractivity contribution in [3.05, 3.63) is 5.32 Å². The van der Waals surface area contributed by atoms with Crippen molar-refractivity contribution in [2.24, 2.45) is 0 Å². The molecule has 2 rings (SSSR count). The normalized spacial score (nSPS) is 22.1. The van der Waals surface area contributed by atoms with Gasteiger partial charge in [0, 0.05) is 13.2 Å². The topological polar surface area (TPSA) is 23.3 Å². The fourth-order valence-electron chi connectivity index (χ4n) is 2.40. The number of nitrogens with zero attached hydrogens (tertiary/aromatic N) is 1. The van der Waals surface area contributed by atoms with Crippen LogP contribution in [0.2, 0.25) is 0 Å². The van der Waals surface area contributed by atoms with Crippen LogP contribution in [0.15, 0.2) is 0 Å². The minimum Gasteiger partial charge on any atom is -1.00 e. The number of ether oxygens (including phenoxy) is 1. The number of piperidine rings is 1. The largest absolute Gasteiger partial charge is 2.00 e. The molecule has 0 radical (unpaired) electrons. The molecular formula is C13H26Cl2LiMgNO. The molecule has 0 amide bonds. The first-order chi connectivity index (χ1) is 6.91. The summed E-state index contributed by atoms with van der Waals surface area (Å²) in [4.78, 5) is 0. The third-order valence-corrected chi connectivity index (χ3v) is 3.01. The van der Waals surface area contributed by atoms with Crippen LogP contribution in [0.1, 0.15) is 59.8 Å². The molecular weight excluding hydrogens is 288 g/mol. The zero-order chi connectivity index (χ0) is 11.4. The molecule has 0 aromatic heterocycles. The van der Waals surface area contributed by atoms with E-state index in [2.05, 4.69) is 27.7 Å². The Morgan fingerprint density at radius 1 is 0.789 bits per heavy atom. The molecule has 2 fully saturated rings. The van der Waals surface area contributed by atoms with E-state index in [1.165, 1.54) is 32.1 Å². The van der Waals surface area contributed by atoms with Crippen molar-refractivity contribution in [3.63, 3.8) is 0 Å². The monoisotopic (exact) mass is 313 g/mol. The molecule has 0 unspecified atom stereocenters. The van der Waals surface area contributed by atoms with E-state index < -0.39 is 0 Å². The predicted octanol–water partition coefficient (Wildman–Crippen LogP) is -5.47. The molecule has 6 heteroatoms. The van der Waals surface area contributed by atoms with Crippen LogP contribution in [0.4, 0.5) is 0 Å². The number of hydrogen-bond acceptors (Lipinski definition) is 1. The molecule has 0 N–H and O–H groups in total. The summed E-state index contributed by atoms with van der Waals surface area (Å²) in [6, 6.07) is 0. The maximum absolute atomic E-state index is 4.94. The van der Waals surface area contributed by atoms with Crippen LogP contribution < -0.4 is 43.7 Å². The molecule has 0 spiro atoms. The summed E-state index contributed by atoms with van der Waals surface area (Å²) in [6.45, 7) is 10.9. The van der Waals surface area contributed by atoms with E-state index in [-0.39, 0.29) is 77.8 Å². The summed E-state index contributed by atoms with van der Waals surface area (Å²) in [5, 5.41) is 4.75. The third-order valence-electron chi connectivity index (χ3n) is 3.01. The molecule has 0 bridgehead atoms. The molecule has 19 heavy (non-hydrogen) atoms. The van der Waals surface area contributed by atoms with Gasteiger partial charge in [0.1, 0.15) is 0 Å². The van der Waals surface area contributed by atoms with Gasteiger partial charge < -0.3 is 34.9 Å². The molecule has 106 valence electrons. The van der Waals surface area contributed by atoms with E-state index >= 15 is 0 Å². The summed E-state index contributed by atoms with van der Waals surface area (Å²) in [5.41, 5.74) is 0.476. The van der Waals surface area contributed by atoms with E-state index in [9.17, 15) is 0 Å². The second kappa shape index (κ2) is 13.5. The van der Waals surface area contributed by atoms with E-state index in [1.54, 1.807) is 0 Å². The first-order valence-electron chi connectivity index (χ1n) is 6.23. The Kier molecular flexibility index (Phi) is 20.6. The van der Waals surface area contributed by atoms with Crippen molar-refractivity contribution in [2.45, 2.75) is 70.9 Å². The molecule has 2 aliphatic heterocycles. The fraction of sp³-hybridized carbons (Fsp3) is 1.00. The van der Waals surface area contributed by atoms with Gasteiger partial charge in [-0.25, -0.2) is 0 Å². The molecule has 0 saturated carbocycles. The minimum atomic E-state index is 0. The summed E-state index contributed by atoms with van der Waals surface area (Å²) in [7, 11) is 0. The van der Waals surface area contributed by atoms with Crippen LogP contribution in [0, 0.1) is 0 Å². The van der Waals surface area contributed by atoms with Crippen LogP contribution in [-0.2, 0) is 4.74 Å². The minimum absolute atomic E-state index is 0. The van der Waals surface area contributed by atoms with Crippen molar-refractivity contribution in [1.29, 1.82) is 0 Å². The van der Waals surface area contributed by atoms with Gasteiger partial charge in [-0.1, -0.05) is 47.0 Å². The molecule has 2 heterocycles. The van der Waals surface area contributed by atoms with Crippen molar-refractivity contribution in [3.8, 4) is 0 Å². The van der Waals surface area contributed by atoms with Gasteiger partial charge in [-0.05, 0) is 12.8 Å². The fourth-order valence-corrected chi connectivity index (χ4v) is 2.40. The Morgan fingerprint density at radius 3 is 1.32 bits per heavy atom. The van der Waals surface area contributed by atoms with Crippen molar-refractivity contribution in [2.75, 3.05) is 13.2 Å². The van der Waals surface area contributed by atoms with Gasteiger partial charge >= 0.3 is 41.9 Å². The number of rotatable bonds is 0. The van der Waals surface area contributed by atoms with Gasteiger partial charge in [0.25, 0.3) is 0 Å². The SMILES string of the molecule is C1CCOC1.CC1(C)CCCC(C)(C)[N-]1.[Cl-].[Cl-].[Li+].[Mg+2]. The van der Waals surface area contributed by atoms with Gasteiger partial charge in [0.15, 0.2) is 0 Å². The van der Waals surface area contributed by atoms with Gasteiger partial charge in [-0.3, -0.25) is 0 Å². The van der Waals surface area contributed by atoms with Gasteiger partial charge in [0.2, 0.25) is 0 Å². The summed E-state index contributed by atoms with van der Waals surface area (Å²) in [5.74, 6) is 0. The zero-order valence-corrected chi connectivity index (χ0v) is 16.2. The second-order valence-corrected chi connectivity index (χ2v) is 5.91. The van der Waals surface area contributed by atoms with Crippen LogP contribution in [-0.4, -0.2) is 47.3 Å². The third kappa shape index (κ3) is 14.6. The second-order valence-electron chi connectivity index (χ2n) is 5.91. The first-order valence-corrected chi connectivity index (χ1v) is 6.23. The van der Waals surface area contributed by atoms with E-state index in [0.717, 1.165) is 13.2 Å². The molecule has 2 nitrogen and oxygen atoms in total. The zero-order valence-electron chi connectivity index (χ0n) is 13.3.